The first-order valence-corrected chi connectivity index (χ1v) is 14.8. The maximum absolute atomic E-state index is 14.0. The number of aliphatic hydroxyl groups is 1. The van der Waals surface area contributed by atoms with Crippen LogP contribution in [-0.4, -0.2) is 67.5 Å². The van der Waals surface area contributed by atoms with Gasteiger partial charge in [0.25, 0.3) is 0 Å². The highest BCUT2D eigenvalue weighted by molar-refractivity contribution is 5.82. The molecular formula is C32H47F2N3O3. The number of methoxy groups -OCH3 is 1. The molecule has 0 saturated carbocycles. The summed E-state index contributed by atoms with van der Waals surface area (Å²) in [4.78, 5) is 15.9. The number of benzene rings is 2. The first kappa shape index (κ1) is 32.1. The zero-order chi connectivity index (χ0) is 28.9. The number of rotatable bonds is 16. The second-order valence-electron chi connectivity index (χ2n) is 11.0. The van der Waals surface area contributed by atoms with Gasteiger partial charge in [-0.25, -0.2) is 8.78 Å². The number of aryl methyl sites for hydroxylation is 1. The highest BCUT2D eigenvalue weighted by Gasteiger charge is 2.32. The maximum Gasteiger partial charge on any atom is 0.237 e. The van der Waals surface area contributed by atoms with Crippen LogP contribution in [0.4, 0.5) is 8.78 Å². The summed E-state index contributed by atoms with van der Waals surface area (Å²) in [6.07, 6.45) is 4.74. The molecular weight excluding hydrogens is 512 g/mol. The summed E-state index contributed by atoms with van der Waals surface area (Å²) >= 11 is 0. The van der Waals surface area contributed by atoms with Gasteiger partial charge in [-0.15, -0.1) is 0 Å². The van der Waals surface area contributed by atoms with E-state index in [4.69, 9.17) is 4.74 Å². The summed E-state index contributed by atoms with van der Waals surface area (Å²) in [6, 6.07) is 10.6. The smallest absolute Gasteiger partial charge is 0.237 e. The van der Waals surface area contributed by atoms with E-state index in [-0.39, 0.29) is 24.9 Å². The topological polar surface area (TPSA) is 73.8 Å². The van der Waals surface area contributed by atoms with Gasteiger partial charge in [-0.1, -0.05) is 44.5 Å². The Morgan fingerprint density at radius 2 is 1.77 bits per heavy atom. The van der Waals surface area contributed by atoms with Gasteiger partial charge in [-0.2, -0.15) is 0 Å². The van der Waals surface area contributed by atoms with Gasteiger partial charge in [0.15, 0.2) is 0 Å². The molecule has 8 heteroatoms. The third kappa shape index (κ3) is 10.2. The number of amides is 1. The summed E-state index contributed by atoms with van der Waals surface area (Å²) in [7, 11) is 1.72. The predicted octanol–water partition coefficient (Wildman–Crippen LogP) is 4.62. The molecule has 1 heterocycles. The lowest BCUT2D eigenvalue weighted by Gasteiger charge is -2.38. The number of carbonyl (C=O) groups is 1. The number of carbonyl (C=O) groups excluding carboxylic acids is 1. The van der Waals surface area contributed by atoms with Crippen molar-refractivity contribution in [2.45, 2.75) is 83.5 Å². The minimum Gasteiger partial charge on any atom is -0.390 e. The van der Waals surface area contributed by atoms with E-state index in [0.717, 1.165) is 63.4 Å². The zero-order valence-corrected chi connectivity index (χ0v) is 24.3. The minimum atomic E-state index is -0.952. The number of nitrogens with zero attached hydrogens (tertiary/aromatic N) is 1. The van der Waals surface area contributed by atoms with E-state index in [1.807, 2.05) is 12.1 Å². The SMILES string of the molecule is CCC[C@@H](C(=O)N[C@@H](Cc1cc(F)cc(F)c1)[C@H](O)CNCc1cccc(CC)c1)N1CCC(CCOC)CC1. The average Bonchev–Trinajstić information content (AvgIpc) is 2.94. The Bertz CT molecular complexity index is 1030. The predicted molar refractivity (Wildman–Crippen MR) is 155 cm³/mol. The van der Waals surface area contributed by atoms with E-state index in [0.29, 0.717) is 24.4 Å². The molecule has 1 fully saturated rings. The van der Waals surface area contributed by atoms with Gasteiger partial charge in [0.05, 0.1) is 18.2 Å². The highest BCUT2D eigenvalue weighted by Crippen LogP contribution is 2.24. The van der Waals surface area contributed by atoms with Gasteiger partial charge in [-0.05, 0) is 86.4 Å². The second-order valence-corrected chi connectivity index (χ2v) is 11.0. The zero-order valence-electron chi connectivity index (χ0n) is 24.3. The number of hydrogen-bond acceptors (Lipinski definition) is 5. The lowest BCUT2D eigenvalue weighted by molar-refractivity contribution is -0.129. The molecule has 3 atom stereocenters. The van der Waals surface area contributed by atoms with Crippen LogP contribution >= 0.6 is 0 Å². The molecule has 6 nitrogen and oxygen atoms in total. The maximum atomic E-state index is 14.0. The molecule has 3 N–H and O–H groups in total. The second kappa shape index (κ2) is 16.8. The molecule has 3 rings (SSSR count). The average molecular weight is 560 g/mol. The molecule has 40 heavy (non-hydrogen) atoms. The Kier molecular flexibility index (Phi) is 13.5. The van der Waals surface area contributed by atoms with E-state index in [1.165, 1.54) is 17.7 Å². The van der Waals surface area contributed by atoms with Gasteiger partial charge < -0.3 is 20.5 Å². The lowest BCUT2D eigenvalue weighted by Crippen LogP contribution is -2.55. The van der Waals surface area contributed by atoms with Crippen LogP contribution in [0.15, 0.2) is 42.5 Å². The Balaban J connectivity index is 1.68. The number of hydrogen-bond donors (Lipinski definition) is 3. The first-order chi connectivity index (χ1) is 19.3. The molecule has 0 aliphatic carbocycles. The molecule has 0 bridgehead atoms. The molecule has 0 spiro atoms. The number of nitrogens with one attached hydrogen (secondary N) is 2. The molecule has 1 aliphatic heterocycles. The van der Waals surface area contributed by atoms with Crippen molar-refractivity contribution in [2.75, 3.05) is 33.4 Å². The third-order valence-electron chi connectivity index (χ3n) is 7.94. The van der Waals surface area contributed by atoms with Gasteiger partial charge in [0.1, 0.15) is 11.6 Å². The third-order valence-corrected chi connectivity index (χ3v) is 7.94. The Hall–Kier alpha value is -2.39. The van der Waals surface area contributed by atoms with Crippen LogP contribution in [0.1, 0.15) is 62.6 Å². The summed E-state index contributed by atoms with van der Waals surface area (Å²) in [5.74, 6) is -0.899. The Morgan fingerprint density at radius 3 is 2.42 bits per heavy atom. The van der Waals surface area contributed by atoms with Crippen LogP contribution in [0.25, 0.3) is 0 Å². The molecule has 0 aromatic heterocycles. The van der Waals surface area contributed by atoms with E-state index >= 15 is 0 Å². The standard InChI is InChI=1S/C32H47F2N3O3/c1-4-7-30(37-13-10-24(11-14-37)12-15-40-3)32(39)36-29(19-26-17-27(33)20-28(34)18-26)31(38)22-35-21-25-9-6-8-23(5-2)16-25/h6,8-9,16-18,20,24,29-31,35,38H,4-5,7,10-15,19,21-22H2,1-3H3,(H,36,39)/t29-,30-,31+/m0/s1. The van der Waals surface area contributed by atoms with Crippen LogP contribution in [0.5, 0.6) is 0 Å². The van der Waals surface area contributed by atoms with Crippen molar-refractivity contribution in [3.63, 3.8) is 0 Å². The van der Waals surface area contributed by atoms with Crippen molar-refractivity contribution in [1.82, 2.24) is 15.5 Å². The Labute approximate surface area is 238 Å². The Morgan fingerprint density at radius 1 is 1.07 bits per heavy atom. The van der Waals surface area contributed by atoms with Crippen LogP contribution in [-0.2, 0) is 28.9 Å². The van der Waals surface area contributed by atoms with Gasteiger partial charge in [0.2, 0.25) is 5.91 Å². The largest absolute Gasteiger partial charge is 0.390 e. The summed E-state index contributed by atoms with van der Waals surface area (Å²) in [5, 5.41) is 17.5. The van der Waals surface area contributed by atoms with Crippen LogP contribution in [0.2, 0.25) is 0 Å². The molecule has 0 unspecified atom stereocenters. The van der Waals surface area contributed by atoms with E-state index < -0.39 is 23.8 Å². The van der Waals surface area contributed by atoms with E-state index in [9.17, 15) is 18.7 Å². The lowest BCUT2D eigenvalue weighted by atomic mass is 9.92. The number of likely N-dealkylation sites (tertiary alicyclic amines) is 1. The van der Waals surface area contributed by atoms with Crippen LogP contribution in [0, 0.1) is 17.6 Å². The van der Waals surface area contributed by atoms with Crippen molar-refractivity contribution in [2.24, 2.45) is 5.92 Å². The van der Waals surface area contributed by atoms with Crippen molar-refractivity contribution < 1.29 is 23.4 Å². The summed E-state index contributed by atoms with van der Waals surface area (Å²) < 4.78 is 33.2. The normalized spacial score (nSPS) is 16.9. The highest BCUT2D eigenvalue weighted by atomic mass is 19.1. The van der Waals surface area contributed by atoms with Gasteiger partial charge in [-0.3, -0.25) is 9.69 Å². The van der Waals surface area contributed by atoms with Crippen molar-refractivity contribution in [3.05, 3.63) is 70.8 Å². The molecule has 0 radical (unpaired) electrons. The van der Waals surface area contributed by atoms with E-state index in [2.05, 4.69) is 41.5 Å². The number of piperidine rings is 1. The number of halogens is 2. The monoisotopic (exact) mass is 559 g/mol. The number of ether oxygens (including phenoxy) is 1. The summed E-state index contributed by atoms with van der Waals surface area (Å²) in [6.45, 7) is 7.39. The van der Waals surface area contributed by atoms with Crippen LogP contribution in [0.3, 0.4) is 0 Å². The molecule has 2 aromatic rings. The molecule has 1 amide bonds. The minimum absolute atomic E-state index is 0.118. The summed E-state index contributed by atoms with van der Waals surface area (Å²) in [5.41, 5.74) is 2.74. The fourth-order valence-corrected chi connectivity index (χ4v) is 5.60. The molecule has 2 aromatic carbocycles. The van der Waals surface area contributed by atoms with Crippen molar-refractivity contribution in [3.8, 4) is 0 Å². The molecule has 1 saturated heterocycles. The quantitative estimate of drug-likeness (QED) is 0.280. The first-order valence-electron chi connectivity index (χ1n) is 14.8. The van der Waals surface area contributed by atoms with Crippen molar-refractivity contribution >= 4 is 5.91 Å². The molecule has 1 aliphatic rings. The van der Waals surface area contributed by atoms with Gasteiger partial charge >= 0.3 is 0 Å². The number of aliphatic hydroxyl groups excluding tert-OH is 1. The molecule has 222 valence electrons. The van der Waals surface area contributed by atoms with Gasteiger partial charge in [0, 0.05) is 32.9 Å². The van der Waals surface area contributed by atoms with Crippen molar-refractivity contribution in [1.29, 1.82) is 0 Å². The van der Waals surface area contributed by atoms with E-state index in [1.54, 1.807) is 7.11 Å². The fraction of sp³-hybridized carbons (Fsp3) is 0.594. The van der Waals surface area contributed by atoms with Crippen LogP contribution < -0.4 is 10.6 Å². The fourth-order valence-electron chi connectivity index (χ4n) is 5.60.